The molecule has 0 radical (unpaired) electrons. The molecule has 7 nitrogen and oxygen atoms in total. The van der Waals surface area contributed by atoms with Gasteiger partial charge in [-0.05, 0) is 37.3 Å². The number of fused-ring (bicyclic) bond motifs is 2. The topological polar surface area (TPSA) is 91.6 Å². The van der Waals surface area contributed by atoms with E-state index in [-0.39, 0.29) is 12.3 Å². The standard InChI is InChI=1S/C17H16N6O/c1-10(24)9-23-15-6-5-12(8-13(15)11(2)22-23)19-17-16-14(20-21-17)4-3-7-18-16/h3-8,24H,1,9H2,2H3,(H2,19,20,21). The molecule has 0 saturated heterocycles. The van der Waals surface area contributed by atoms with Gasteiger partial charge < -0.3 is 10.4 Å². The van der Waals surface area contributed by atoms with E-state index in [1.54, 1.807) is 10.9 Å². The van der Waals surface area contributed by atoms with Gasteiger partial charge in [-0.3, -0.25) is 14.8 Å². The van der Waals surface area contributed by atoms with Gasteiger partial charge in [0, 0.05) is 17.3 Å². The zero-order valence-corrected chi connectivity index (χ0v) is 13.1. The Morgan fingerprint density at radius 2 is 2.25 bits per heavy atom. The fourth-order valence-corrected chi connectivity index (χ4v) is 2.79. The van der Waals surface area contributed by atoms with Crippen molar-refractivity contribution in [2.75, 3.05) is 5.32 Å². The molecule has 0 amide bonds. The van der Waals surface area contributed by atoms with Gasteiger partial charge in [0.2, 0.25) is 0 Å². The quantitative estimate of drug-likeness (QED) is 0.501. The van der Waals surface area contributed by atoms with Crippen molar-refractivity contribution in [3.8, 4) is 0 Å². The molecule has 24 heavy (non-hydrogen) atoms. The fourth-order valence-electron chi connectivity index (χ4n) is 2.79. The lowest BCUT2D eigenvalue weighted by atomic mass is 10.2. The van der Waals surface area contributed by atoms with Gasteiger partial charge in [-0.25, -0.2) is 0 Å². The third-order valence-electron chi connectivity index (χ3n) is 3.85. The van der Waals surface area contributed by atoms with Gasteiger partial charge in [0.05, 0.1) is 23.3 Å². The Kier molecular flexibility index (Phi) is 3.19. The number of pyridine rings is 1. The number of allylic oxidation sites excluding steroid dienone is 1. The summed E-state index contributed by atoms with van der Waals surface area (Å²) in [5.41, 5.74) is 4.40. The van der Waals surface area contributed by atoms with Crippen LogP contribution < -0.4 is 5.32 Å². The lowest BCUT2D eigenvalue weighted by Gasteiger charge is -2.05. The zero-order chi connectivity index (χ0) is 16.7. The summed E-state index contributed by atoms with van der Waals surface area (Å²) in [5.74, 6) is 0.759. The predicted octanol–water partition coefficient (Wildman–Crippen LogP) is 3.43. The molecule has 0 aliphatic heterocycles. The Balaban J connectivity index is 1.73. The monoisotopic (exact) mass is 320 g/mol. The Morgan fingerprint density at radius 3 is 3.08 bits per heavy atom. The molecule has 3 N–H and O–H groups in total. The molecule has 4 aromatic rings. The van der Waals surface area contributed by atoms with Gasteiger partial charge in [0.15, 0.2) is 5.82 Å². The number of anilines is 2. The van der Waals surface area contributed by atoms with E-state index in [1.165, 1.54) is 0 Å². The molecule has 3 heterocycles. The minimum atomic E-state index is 0.0793. The normalized spacial score (nSPS) is 11.2. The first kappa shape index (κ1) is 14.3. The number of nitrogens with zero attached hydrogens (tertiary/aromatic N) is 4. The van der Waals surface area contributed by atoms with Crippen LogP contribution in [0.5, 0.6) is 0 Å². The third-order valence-corrected chi connectivity index (χ3v) is 3.85. The molecule has 0 bridgehead atoms. The van der Waals surface area contributed by atoms with E-state index in [0.29, 0.717) is 5.82 Å². The molecule has 0 aliphatic rings. The Hall–Kier alpha value is -3.35. The Labute approximate surface area is 137 Å². The van der Waals surface area contributed by atoms with Crippen LogP contribution in [0, 0.1) is 6.92 Å². The van der Waals surface area contributed by atoms with Crippen LogP contribution in [0.3, 0.4) is 0 Å². The maximum Gasteiger partial charge on any atom is 0.178 e. The average Bonchev–Trinajstić information content (AvgIpc) is 3.09. The maximum absolute atomic E-state index is 9.41. The second-order valence-electron chi connectivity index (χ2n) is 5.64. The molecule has 0 atom stereocenters. The highest BCUT2D eigenvalue weighted by Gasteiger charge is 2.11. The van der Waals surface area contributed by atoms with E-state index in [0.717, 1.165) is 33.3 Å². The molecular formula is C17H16N6O. The van der Waals surface area contributed by atoms with E-state index < -0.39 is 0 Å². The van der Waals surface area contributed by atoms with E-state index in [9.17, 15) is 5.11 Å². The van der Waals surface area contributed by atoms with E-state index in [1.807, 2.05) is 37.3 Å². The first-order valence-corrected chi connectivity index (χ1v) is 7.52. The van der Waals surface area contributed by atoms with Crippen LogP contribution in [0.4, 0.5) is 11.5 Å². The molecule has 0 fully saturated rings. The second kappa shape index (κ2) is 5.38. The summed E-state index contributed by atoms with van der Waals surface area (Å²) in [6.07, 6.45) is 1.74. The predicted molar refractivity (Wildman–Crippen MR) is 93.4 cm³/mol. The third kappa shape index (κ3) is 2.36. The van der Waals surface area contributed by atoms with Crippen LogP contribution in [-0.2, 0) is 6.54 Å². The van der Waals surface area contributed by atoms with Crippen molar-refractivity contribution >= 4 is 33.4 Å². The lowest BCUT2D eigenvalue weighted by molar-refractivity contribution is 0.373. The highest BCUT2D eigenvalue weighted by molar-refractivity contribution is 5.90. The summed E-state index contributed by atoms with van der Waals surface area (Å²) in [6, 6.07) is 9.72. The fraction of sp³-hybridized carbons (Fsp3) is 0.118. The van der Waals surface area contributed by atoms with Gasteiger partial charge in [-0.1, -0.05) is 6.58 Å². The maximum atomic E-state index is 9.41. The van der Waals surface area contributed by atoms with Crippen molar-refractivity contribution in [1.82, 2.24) is 25.0 Å². The number of H-pyrrole nitrogens is 1. The van der Waals surface area contributed by atoms with Crippen LogP contribution in [0.25, 0.3) is 21.9 Å². The highest BCUT2D eigenvalue weighted by Crippen LogP contribution is 2.26. The van der Waals surface area contributed by atoms with Crippen molar-refractivity contribution in [3.05, 3.63) is 54.6 Å². The molecule has 0 spiro atoms. The first-order valence-electron chi connectivity index (χ1n) is 7.52. The number of rotatable bonds is 4. The molecule has 0 saturated carbocycles. The smallest absolute Gasteiger partial charge is 0.178 e. The van der Waals surface area contributed by atoms with E-state index in [2.05, 4.69) is 32.2 Å². The summed E-state index contributed by atoms with van der Waals surface area (Å²) in [6.45, 7) is 5.75. The van der Waals surface area contributed by atoms with Gasteiger partial charge in [-0.2, -0.15) is 10.2 Å². The Morgan fingerprint density at radius 1 is 1.38 bits per heavy atom. The zero-order valence-electron chi connectivity index (χ0n) is 13.1. The number of aromatic nitrogens is 5. The van der Waals surface area contributed by atoms with Crippen molar-refractivity contribution in [1.29, 1.82) is 0 Å². The van der Waals surface area contributed by atoms with Crippen LogP contribution in [0.2, 0.25) is 0 Å². The molecule has 3 aromatic heterocycles. The SMILES string of the molecule is C=C(O)Cn1nc(C)c2cc(Nc3n[nH]c4cccnc34)ccc21. The molecule has 4 rings (SSSR count). The van der Waals surface area contributed by atoms with Gasteiger partial charge in [-0.15, -0.1) is 0 Å². The Bertz CT molecular complexity index is 1060. The van der Waals surface area contributed by atoms with E-state index >= 15 is 0 Å². The second-order valence-corrected chi connectivity index (χ2v) is 5.64. The van der Waals surface area contributed by atoms with Crippen LogP contribution >= 0.6 is 0 Å². The lowest BCUT2D eigenvalue weighted by Crippen LogP contribution is -2.01. The number of aryl methyl sites for hydroxylation is 1. The molecule has 120 valence electrons. The number of nitrogens with one attached hydrogen (secondary N) is 2. The summed E-state index contributed by atoms with van der Waals surface area (Å²) >= 11 is 0. The number of aliphatic hydroxyl groups is 1. The number of aliphatic hydroxyl groups excluding tert-OH is 1. The summed E-state index contributed by atoms with van der Waals surface area (Å²) in [7, 11) is 0. The summed E-state index contributed by atoms with van der Waals surface area (Å²) in [4.78, 5) is 4.34. The molecule has 1 aromatic carbocycles. The van der Waals surface area contributed by atoms with E-state index in [4.69, 9.17) is 0 Å². The average molecular weight is 320 g/mol. The van der Waals surface area contributed by atoms with Crippen LogP contribution in [0.1, 0.15) is 5.69 Å². The van der Waals surface area contributed by atoms with Gasteiger partial charge >= 0.3 is 0 Å². The van der Waals surface area contributed by atoms with Crippen molar-refractivity contribution in [3.63, 3.8) is 0 Å². The first-order chi connectivity index (χ1) is 11.6. The number of hydrogen-bond donors (Lipinski definition) is 3. The van der Waals surface area contributed by atoms with Crippen LogP contribution in [0.15, 0.2) is 48.9 Å². The highest BCUT2D eigenvalue weighted by atomic mass is 16.3. The molecular weight excluding hydrogens is 304 g/mol. The summed E-state index contributed by atoms with van der Waals surface area (Å²) < 4.78 is 1.74. The van der Waals surface area contributed by atoms with Gasteiger partial charge in [0.25, 0.3) is 0 Å². The van der Waals surface area contributed by atoms with Crippen molar-refractivity contribution < 1.29 is 5.11 Å². The molecule has 0 aliphatic carbocycles. The minimum absolute atomic E-state index is 0.0793. The number of benzene rings is 1. The number of aromatic amines is 1. The molecule has 0 unspecified atom stereocenters. The number of hydrogen-bond acceptors (Lipinski definition) is 5. The molecule has 7 heteroatoms. The van der Waals surface area contributed by atoms with Crippen molar-refractivity contribution in [2.24, 2.45) is 0 Å². The largest absolute Gasteiger partial charge is 0.511 e. The van der Waals surface area contributed by atoms with Crippen LogP contribution in [-0.4, -0.2) is 30.1 Å². The summed E-state index contributed by atoms with van der Waals surface area (Å²) in [5, 5.41) is 25.4. The minimum Gasteiger partial charge on any atom is -0.511 e. The van der Waals surface area contributed by atoms with Gasteiger partial charge in [0.1, 0.15) is 11.3 Å². The van der Waals surface area contributed by atoms with Crippen molar-refractivity contribution in [2.45, 2.75) is 13.5 Å².